The van der Waals surface area contributed by atoms with E-state index in [0.717, 1.165) is 11.3 Å². The van der Waals surface area contributed by atoms with Crippen LogP contribution in [0.3, 0.4) is 0 Å². The third-order valence-corrected chi connectivity index (χ3v) is 5.41. The molecule has 2 amide bonds. The summed E-state index contributed by atoms with van der Waals surface area (Å²) in [5.74, 6) is -0.844. The van der Waals surface area contributed by atoms with E-state index in [2.05, 4.69) is 20.8 Å². The van der Waals surface area contributed by atoms with E-state index in [1.807, 2.05) is 0 Å². The molecular formula is C17H12ClFN4O2S2. The van der Waals surface area contributed by atoms with Gasteiger partial charge in [0.05, 0.1) is 5.75 Å². The fraction of sp³-hybridized carbons (Fsp3) is 0.0588. The van der Waals surface area contributed by atoms with Crippen LogP contribution in [0.15, 0.2) is 52.9 Å². The molecule has 0 aliphatic rings. The van der Waals surface area contributed by atoms with Crippen LogP contribution >= 0.6 is 34.7 Å². The Morgan fingerprint density at radius 3 is 2.44 bits per heavy atom. The Morgan fingerprint density at radius 1 is 1.04 bits per heavy atom. The number of hydrogen-bond donors (Lipinski definition) is 2. The summed E-state index contributed by atoms with van der Waals surface area (Å²) in [5.41, 5.74) is 0.956. The lowest BCUT2D eigenvalue weighted by atomic mass is 10.2. The maximum absolute atomic E-state index is 12.8. The Labute approximate surface area is 167 Å². The molecule has 0 unspecified atom stereocenters. The fourth-order valence-electron chi connectivity index (χ4n) is 1.95. The lowest BCUT2D eigenvalue weighted by Crippen LogP contribution is -2.13. The van der Waals surface area contributed by atoms with Crippen LogP contribution < -0.4 is 10.6 Å². The molecular weight excluding hydrogens is 411 g/mol. The van der Waals surface area contributed by atoms with Crippen LogP contribution in [0.1, 0.15) is 10.4 Å². The SMILES string of the molecule is O=C(CSc1nnc(NC(=O)c2ccc(Cl)cc2)s1)Nc1ccc(F)cc1. The number of carbonyl (C=O) groups is 2. The Kier molecular flexibility index (Phi) is 6.38. The molecule has 0 saturated heterocycles. The van der Waals surface area contributed by atoms with Crippen molar-refractivity contribution in [1.29, 1.82) is 0 Å². The molecule has 1 aromatic heterocycles. The first-order chi connectivity index (χ1) is 13.0. The Hall–Kier alpha value is -2.49. The number of thioether (sulfide) groups is 1. The second-order valence-corrected chi connectivity index (χ2v) is 7.81. The van der Waals surface area contributed by atoms with Gasteiger partial charge in [0.15, 0.2) is 4.34 Å². The van der Waals surface area contributed by atoms with E-state index in [1.54, 1.807) is 24.3 Å². The number of amides is 2. The number of carbonyl (C=O) groups excluding carboxylic acids is 2. The third kappa shape index (κ3) is 5.75. The number of halogens is 2. The molecule has 2 aromatic carbocycles. The molecule has 6 nitrogen and oxygen atoms in total. The highest BCUT2D eigenvalue weighted by Crippen LogP contribution is 2.26. The molecule has 2 N–H and O–H groups in total. The molecule has 138 valence electrons. The van der Waals surface area contributed by atoms with Gasteiger partial charge in [-0.15, -0.1) is 10.2 Å². The minimum absolute atomic E-state index is 0.108. The summed E-state index contributed by atoms with van der Waals surface area (Å²) in [4.78, 5) is 24.0. The van der Waals surface area contributed by atoms with Crippen LogP contribution in [0.25, 0.3) is 0 Å². The lowest BCUT2D eigenvalue weighted by Gasteiger charge is -2.03. The predicted octanol–water partition coefficient (Wildman–Crippen LogP) is 4.31. The number of anilines is 2. The zero-order valence-corrected chi connectivity index (χ0v) is 16.0. The lowest BCUT2D eigenvalue weighted by molar-refractivity contribution is -0.113. The van der Waals surface area contributed by atoms with Crippen molar-refractivity contribution in [2.24, 2.45) is 0 Å². The van der Waals surface area contributed by atoms with Crippen LogP contribution in [-0.4, -0.2) is 27.8 Å². The molecule has 0 atom stereocenters. The van der Waals surface area contributed by atoms with Gasteiger partial charge in [-0.25, -0.2) is 4.39 Å². The minimum atomic E-state index is -0.371. The Balaban J connectivity index is 1.50. The number of aromatic nitrogens is 2. The van der Waals surface area contributed by atoms with E-state index < -0.39 is 0 Å². The van der Waals surface area contributed by atoms with Gasteiger partial charge < -0.3 is 5.32 Å². The second-order valence-electron chi connectivity index (χ2n) is 5.18. The zero-order valence-electron chi connectivity index (χ0n) is 13.6. The zero-order chi connectivity index (χ0) is 19.2. The van der Waals surface area contributed by atoms with E-state index in [1.165, 1.54) is 36.0 Å². The number of nitrogens with one attached hydrogen (secondary N) is 2. The molecule has 27 heavy (non-hydrogen) atoms. The minimum Gasteiger partial charge on any atom is -0.325 e. The van der Waals surface area contributed by atoms with Crippen molar-refractivity contribution in [2.75, 3.05) is 16.4 Å². The first-order valence-electron chi connectivity index (χ1n) is 7.58. The molecule has 0 saturated carbocycles. The first kappa shape index (κ1) is 19.3. The molecule has 3 aromatic rings. The van der Waals surface area contributed by atoms with Crippen LogP contribution in [0.5, 0.6) is 0 Å². The van der Waals surface area contributed by atoms with Gasteiger partial charge in [0, 0.05) is 16.3 Å². The van der Waals surface area contributed by atoms with Crippen LogP contribution in [0.2, 0.25) is 5.02 Å². The second kappa shape index (κ2) is 8.94. The average molecular weight is 423 g/mol. The van der Waals surface area contributed by atoms with Gasteiger partial charge in [-0.3, -0.25) is 14.9 Å². The molecule has 3 rings (SSSR count). The summed E-state index contributed by atoms with van der Waals surface area (Å²) in [6, 6.07) is 11.9. The molecule has 0 fully saturated rings. The smallest absolute Gasteiger partial charge is 0.257 e. The van der Waals surface area contributed by atoms with Gasteiger partial charge in [-0.1, -0.05) is 34.7 Å². The average Bonchev–Trinajstić information content (AvgIpc) is 3.10. The summed E-state index contributed by atoms with van der Waals surface area (Å²) < 4.78 is 13.4. The highest BCUT2D eigenvalue weighted by molar-refractivity contribution is 8.01. The van der Waals surface area contributed by atoms with Crippen molar-refractivity contribution in [2.45, 2.75) is 4.34 Å². The summed E-state index contributed by atoms with van der Waals surface area (Å²) in [6.07, 6.45) is 0. The highest BCUT2D eigenvalue weighted by atomic mass is 35.5. The maximum atomic E-state index is 12.8. The Morgan fingerprint density at radius 2 is 1.74 bits per heavy atom. The quantitative estimate of drug-likeness (QED) is 0.456. The van der Waals surface area contributed by atoms with Gasteiger partial charge in [0.25, 0.3) is 5.91 Å². The molecule has 0 bridgehead atoms. The number of benzene rings is 2. The largest absolute Gasteiger partial charge is 0.325 e. The van der Waals surface area contributed by atoms with Crippen LogP contribution in [0.4, 0.5) is 15.2 Å². The van der Waals surface area contributed by atoms with Crippen molar-refractivity contribution >= 4 is 57.3 Å². The van der Waals surface area contributed by atoms with E-state index in [0.29, 0.717) is 25.7 Å². The van der Waals surface area contributed by atoms with E-state index >= 15 is 0 Å². The fourth-order valence-corrected chi connectivity index (χ4v) is 3.62. The summed E-state index contributed by atoms with van der Waals surface area (Å²) in [7, 11) is 0. The topological polar surface area (TPSA) is 84.0 Å². The van der Waals surface area contributed by atoms with Crippen LogP contribution in [-0.2, 0) is 4.79 Å². The Bertz CT molecular complexity index is 948. The number of hydrogen-bond acceptors (Lipinski definition) is 6. The van der Waals surface area contributed by atoms with Gasteiger partial charge >= 0.3 is 0 Å². The standard InChI is InChI=1S/C17H12ClFN4O2S2/c18-11-3-1-10(2-4-11)15(25)21-16-22-23-17(27-16)26-9-14(24)20-13-7-5-12(19)6-8-13/h1-8H,9H2,(H,20,24)(H,21,22,25). The van der Waals surface area contributed by atoms with Crippen LogP contribution in [0, 0.1) is 5.82 Å². The van der Waals surface area contributed by atoms with E-state index in [4.69, 9.17) is 11.6 Å². The highest BCUT2D eigenvalue weighted by Gasteiger charge is 2.12. The summed E-state index contributed by atoms with van der Waals surface area (Å²) in [6.45, 7) is 0. The molecule has 0 spiro atoms. The van der Waals surface area contributed by atoms with Crippen molar-refractivity contribution < 1.29 is 14.0 Å². The molecule has 0 aliphatic heterocycles. The molecule has 1 heterocycles. The van der Waals surface area contributed by atoms with Gasteiger partial charge in [-0.05, 0) is 48.5 Å². The molecule has 0 radical (unpaired) electrons. The summed E-state index contributed by atoms with van der Waals surface area (Å²) in [5, 5.41) is 14.0. The first-order valence-corrected chi connectivity index (χ1v) is 9.76. The van der Waals surface area contributed by atoms with Crippen molar-refractivity contribution in [3.63, 3.8) is 0 Å². The third-order valence-electron chi connectivity index (χ3n) is 3.19. The van der Waals surface area contributed by atoms with E-state index in [9.17, 15) is 14.0 Å². The van der Waals surface area contributed by atoms with Crippen molar-refractivity contribution in [3.05, 3.63) is 64.9 Å². The normalized spacial score (nSPS) is 10.4. The monoisotopic (exact) mass is 422 g/mol. The summed E-state index contributed by atoms with van der Waals surface area (Å²) >= 11 is 8.14. The van der Waals surface area contributed by atoms with Crippen molar-refractivity contribution in [3.8, 4) is 0 Å². The predicted molar refractivity (Wildman–Crippen MR) is 105 cm³/mol. The van der Waals surface area contributed by atoms with Crippen molar-refractivity contribution in [1.82, 2.24) is 10.2 Å². The molecule has 10 heteroatoms. The number of nitrogens with zero attached hydrogens (tertiary/aromatic N) is 2. The van der Waals surface area contributed by atoms with Gasteiger partial charge in [0.1, 0.15) is 5.82 Å². The maximum Gasteiger partial charge on any atom is 0.257 e. The van der Waals surface area contributed by atoms with Gasteiger partial charge in [0.2, 0.25) is 11.0 Å². The van der Waals surface area contributed by atoms with E-state index in [-0.39, 0.29) is 23.4 Å². The molecule has 0 aliphatic carbocycles. The number of rotatable bonds is 6. The van der Waals surface area contributed by atoms with Gasteiger partial charge in [-0.2, -0.15) is 0 Å².